The average molecular weight is 286 g/mol. The van der Waals surface area contributed by atoms with Crippen molar-refractivity contribution in [2.24, 2.45) is 0 Å². The molecule has 2 aromatic carbocycles. The molecule has 0 amide bonds. The molecule has 3 rings (SSSR count). The zero-order valence-electron chi connectivity index (χ0n) is 9.28. The first kappa shape index (κ1) is 10.6. The van der Waals surface area contributed by atoms with Gasteiger partial charge in [0.05, 0.1) is 0 Å². The molecule has 0 saturated heterocycles. The van der Waals surface area contributed by atoms with Gasteiger partial charge in [0.2, 0.25) is 0 Å². The minimum absolute atomic E-state index is 0.865. The molecule has 0 atom stereocenters. The van der Waals surface area contributed by atoms with Crippen molar-refractivity contribution in [1.29, 1.82) is 0 Å². The van der Waals surface area contributed by atoms with Crippen molar-refractivity contribution in [3.8, 4) is 0 Å². The molecule has 0 radical (unpaired) electrons. The number of hydrogen-bond donors (Lipinski definition) is 1. The topological polar surface area (TPSA) is 12.0 Å². The lowest BCUT2D eigenvalue weighted by molar-refractivity contribution is 1.14. The van der Waals surface area contributed by atoms with Gasteiger partial charge in [-0.1, -0.05) is 52.3 Å². The van der Waals surface area contributed by atoms with E-state index in [0.29, 0.717) is 0 Å². The van der Waals surface area contributed by atoms with Crippen LogP contribution in [0.25, 0.3) is 12.2 Å². The summed E-state index contributed by atoms with van der Waals surface area (Å²) in [5.74, 6) is 0. The van der Waals surface area contributed by atoms with E-state index in [2.05, 4.69) is 75.9 Å². The van der Waals surface area contributed by atoms with Crippen LogP contribution in [0.5, 0.6) is 0 Å². The summed E-state index contributed by atoms with van der Waals surface area (Å²) in [6, 6.07) is 14.8. The third-order valence-corrected chi connectivity index (χ3v) is 3.47. The predicted molar refractivity (Wildman–Crippen MR) is 76.8 cm³/mol. The van der Waals surface area contributed by atoms with Crippen molar-refractivity contribution >= 4 is 33.8 Å². The molecule has 0 unspecified atom stereocenters. The Hall–Kier alpha value is -1.54. The number of rotatable bonds is 0. The summed E-state index contributed by atoms with van der Waals surface area (Å²) >= 11 is 3.51. The Bertz CT molecular complexity index is 587. The number of nitrogens with one attached hydrogen (secondary N) is 1. The largest absolute Gasteiger partial charge is 0.380 e. The van der Waals surface area contributed by atoms with Crippen molar-refractivity contribution in [3.63, 3.8) is 0 Å². The SMILES string of the molecule is Brc1ccc2c(c1)/C=C\c1ccccc1NC2. The lowest BCUT2D eigenvalue weighted by Gasteiger charge is -2.15. The minimum Gasteiger partial charge on any atom is -0.380 e. The highest BCUT2D eigenvalue weighted by Gasteiger charge is 2.06. The summed E-state index contributed by atoms with van der Waals surface area (Å²) < 4.78 is 1.12. The van der Waals surface area contributed by atoms with E-state index in [9.17, 15) is 0 Å². The van der Waals surface area contributed by atoms with Gasteiger partial charge in [-0.15, -0.1) is 0 Å². The van der Waals surface area contributed by atoms with Gasteiger partial charge in [0.15, 0.2) is 0 Å². The highest BCUT2D eigenvalue weighted by Crippen LogP contribution is 2.25. The second-order valence-electron chi connectivity index (χ2n) is 4.12. The second-order valence-corrected chi connectivity index (χ2v) is 5.03. The Labute approximate surface area is 109 Å². The fourth-order valence-corrected chi connectivity index (χ4v) is 2.43. The first-order valence-electron chi connectivity index (χ1n) is 5.62. The summed E-state index contributed by atoms with van der Waals surface area (Å²) in [5, 5.41) is 3.47. The van der Waals surface area contributed by atoms with Gasteiger partial charge in [-0.2, -0.15) is 0 Å². The zero-order chi connectivity index (χ0) is 11.7. The predicted octanol–water partition coefficient (Wildman–Crippen LogP) is 4.55. The molecular weight excluding hydrogens is 274 g/mol. The summed E-state index contributed by atoms with van der Waals surface area (Å²) in [6.07, 6.45) is 4.34. The summed E-state index contributed by atoms with van der Waals surface area (Å²) in [6.45, 7) is 0.865. The number of halogens is 1. The first-order valence-corrected chi connectivity index (χ1v) is 6.42. The van der Waals surface area contributed by atoms with Crippen LogP contribution in [0.3, 0.4) is 0 Å². The van der Waals surface area contributed by atoms with Crippen molar-refractivity contribution in [3.05, 3.63) is 63.6 Å². The van der Waals surface area contributed by atoms with Gasteiger partial charge in [-0.25, -0.2) is 0 Å². The molecule has 0 bridgehead atoms. The minimum atomic E-state index is 0.865. The lowest BCUT2D eigenvalue weighted by Crippen LogP contribution is -2.04. The molecule has 0 saturated carbocycles. The smallest absolute Gasteiger partial charge is 0.0416 e. The Morgan fingerprint density at radius 2 is 1.76 bits per heavy atom. The van der Waals surface area contributed by atoms with Gasteiger partial charge in [0.1, 0.15) is 0 Å². The number of benzene rings is 2. The zero-order valence-corrected chi connectivity index (χ0v) is 10.9. The van der Waals surface area contributed by atoms with Crippen LogP contribution in [0.4, 0.5) is 5.69 Å². The maximum absolute atomic E-state index is 3.51. The fourth-order valence-electron chi connectivity index (χ4n) is 2.06. The molecule has 1 N–H and O–H groups in total. The van der Waals surface area contributed by atoms with Crippen LogP contribution in [0, 0.1) is 0 Å². The number of fused-ring (bicyclic) bond motifs is 2. The standard InChI is InChI=1S/C15H12BrN/c16-14-8-7-13-10-17-15-4-2-1-3-11(15)5-6-12(13)9-14/h1-9,17H,10H2/b6-5-. The van der Waals surface area contributed by atoms with E-state index in [1.165, 1.54) is 22.4 Å². The molecule has 84 valence electrons. The average Bonchev–Trinajstić information content (AvgIpc) is 2.33. The van der Waals surface area contributed by atoms with E-state index >= 15 is 0 Å². The monoisotopic (exact) mass is 285 g/mol. The molecule has 1 aliphatic rings. The molecule has 2 heteroatoms. The first-order chi connectivity index (χ1) is 8.33. The molecule has 0 fully saturated rings. The van der Waals surface area contributed by atoms with Crippen molar-refractivity contribution < 1.29 is 0 Å². The van der Waals surface area contributed by atoms with Crippen molar-refractivity contribution in [2.45, 2.75) is 6.54 Å². The van der Waals surface area contributed by atoms with E-state index in [1.54, 1.807) is 0 Å². The van der Waals surface area contributed by atoms with Crippen LogP contribution in [0.15, 0.2) is 46.9 Å². The quantitative estimate of drug-likeness (QED) is 0.749. The van der Waals surface area contributed by atoms with Crippen LogP contribution in [0.2, 0.25) is 0 Å². The van der Waals surface area contributed by atoms with Crippen LogP contribution in [0.1, 0.15) is 16.7 Å². The van der Waals surface area contributed by atoms with Gasteiger partial charge < -0.3 is 5.32 Å². The number of anilines is 1. The second kappa shape index (κ2) is 4.38. The molecule has 1 nitrogen and oxygen atoms in total. The number of para-hydroxylation sites is 1. The molecule has 0 aromatic heterocycles. The van der Waals surface area contributed by atoms with E-state index in [-0.39, 0.29) is 0 Å². The van der Waals surface area contributed by atoms with E-state index < -0.39 is 0 Å². The third-order valence-electron chi connectivity index (χ3n) is 2.98. The van der Waals surface area contributed by atoms with Gasteiger partial charge in [0.25, 0.3) is 0 Å². The maximum Gasteiger partial charge on any atom is 0.0416 e. The van der Waals surface area contributed by atoms with Gasteiger partial charge in [-0.05, 0) is 34.9 Å². The van der Waals surface area contributed by atoms with Gasteiger partial charge in [-0.3, -0.25) is 0 Å². The molecule has 1 aliphatic heterocycles. The normalized spacial score (nSPS) is 14.9. The molecule has 0 spiro atoms. The fraction of sp³-hybridized carbons (Fsp3) is 0.0667. The highest BCUT2D eigenvalue weighted by atomic mass is 79.9. The molecular formula is C15H12BrN. The van der Waals surface area contributed by atoms with Crippen LogP contribution in [-0.4, -0.2) is 0 Å². The van der Waals surface area contributed by atoms with Crippen molar-refractivity contribution in [1.82, 2.24) is 0 Å². The summed E-state index contributed by atoms with van der Waals surface area (Å²) in [7, 11) is 0. The van der Waals surface area contributed by atoms with E-state index in [0.717, 1.165) is 11.0 Å². The third kappa shape index (κ3) is 2.13. The molecule has 2 aromatic rings. The Balaban J connectivity index is 2.10. The Morgan fingerprint density at radius 3 is 2.71 bits per heavy atom. The summed E-state index contributed by atoms with van der Waals surface area (Å²) in [5.41, 5.74) is 5.01. The lowest BCUT2D eigenvalue weighted by atomic mass is 10.0. The van der Waals surface area contributed by atoms with Gasteiger partial charge in [0, 0.05) is 16.7 Å². The van der Waals surface area contributed by atoms with Crippen LogP contribution in [-0.2, 0) is 6.54 Å². The van der Waals surface area contributed by atoms with Crippen molar-refractivity contribution in [2.75, 3.05) is 5.32 Å². The molecule has 1 heterocycles. The van der Waals surface area contributed by atoms with Crippen LogP contribution >= 0.6 is 15.9 Å². The highest BCUT2D eigenvalue weighted by molar-refractivity contribution is 9.10. The maximum atomic E-state index is 3.51. The molecule has 17 heavy (non-hydrogen) atoms. The van der Waals surface area contributed by atoms with E-state index in [1.807, 2.05) is 0 Å². The summed E-state index contributed by atoms with van der Waals surface area (Å²) in [4.78, 5) is 0. The van der Waals surface area contributed by atoms with Gasteiger partial charge >= 0.3 is 0 Å². The number of hydrogen-bond acceptors (Lipinski definition) is 1. The molecule has 0 aliphatic carbocycles. The van der Waals surface area contributed by atoms with Crippen LogP contribution < -0.4 is 5.32 Å². The van der Waals surface area contributed by atoms with E-state index in [4.69, 9.17) is 0 Å². The Kier molecular flexibility index (Phi) is 2.73. The Morgan fingerprint density at radius 1 is 0.941 bits per heavy atom.